The van der Waals surface area contributed by atoms with Gasteiger partial charge in [-0.1, -0.05) is 11.6 Å². The number of carbonyl (C=O) groups is 1. The predicted molar refractivity (Wildman–Crippen MR) is 81.9 cm³/mol. The second kappa shape index (κ2) is 6.30. The fourth-order valence-corrected chi connectivity index (χ4v) is 3.14. The molecule has 1 aliphatic rings. The highest BCUT2D eigenvalue weighted by molar-refractivity contribution is 6.33. The number of hydrogen-bond acceptors (Lipinski definition) is 4. The Labute approximate surface area is 128 Å². The molecule has 1 amide bonds. The minimum Gasteiger partial charge on any atom is -0.370 e. The highest BCUT2D eigenvalue weighted by Crippen LogP contribution is 2.35. The van der Waals surface area contributed by atoms with Crippen molar-refractivity contribution in [3.63, 3.8) is 0 Å². The van der Waals surface area contributed by atoms with E-state index in [1.165, 1.54) is 13.0 Å². The minimum absolute atomic E-state index is 0.00869. The van der Waals surface area contributed by atoms with E-state index < -0.39 is 4.92 Å². The second-order valence-corrected chi connectivity index (χ2v) is 5.72. The smallest absolute Gasteiger partial charge is 0.271 e. The fourth-order valence-electron chi connectivity index (χ4n) is 2.76. The molecular weight excluding hydrogens is 294 g/mol. The molecular formula is C14H18ClN3O3. The van der Waals surface area contributed by atoms with Crippen LogP contribution in [0.3, 0.4) is 0 Å². The lowest BCUT2D eigenvalue weighted by Crippen LogP contribution is -2.44. The molecule has 0 bridgehead atoms. The van der Waals surface area contributed by atoms with Crippen LogP contribution >= 0.6 is 11.6 Å². The normalized spacial score (nSPS) is 15.9. The van der Waals surface area contributed by atoms with Gasteiger partial charge in [0.25, 0.3) is 5.69 Å². The van der Waals surface area contributed by atoms with Crippen LogP contribution in [0.15, 0.2) is 12.1 Å². The van der Waals surface area contributed by atoms with Gasteiger partial charge in [0.2, 0.25) is 5.91 Å². The minimum atomic E-state index is -0.439. The van der Waals surface area contributed by atoms with Gasteiger partial charge in [-0.15, -0.1) is 0 Å². The van der Waals surface area contributed by atoms with E-state index in [9.17, 15) is 14.9 Å². The van der Waals surface area contributed by atoms with Crippen molar-refractivity contribution in [2.45, 2.75) is 32.7 Å². The number of nitro groups is 1. The fraction of sp³-hybridized carbons (Fsp3) is 0.500. The lowest BCUT2D eigenvalue weighted by molar-refractivity contribution is -0.384. The maximum atomic E-state index is 11.1. The van der Waals surface area contributed by atoms with Crippen molar-refractivity contribution in [3.8, 4) is 0 Å². The van der Waals surface area contributed by atoms with Crippen LogP contribution in [0.4, 0.5) is 11.4 Å². The molecule has 21 heavy (non-hydrogen) atoms. The number of piperidine rings is 1. The van der Waals surface area contributed by atoms with Crippen LogP contribution in [0.1, 0.15) is 25.3 Å². The Morgan fingerprint density at radius 2 is 2.05 bits per heavy atom. The number of aryl methyl sites for hydroxylation is 1. The summed E-state index contributed by atoms with van der Waals surface area (Å²) in [4.78, 5) is 23.6. The molecule has 1 aliphatic heterocycles. The van der Waals surface area contributed by atoms with Gasteiger partial charge in [-0.25, -0.2) is 0 Å². The van der Waals surface area contributed by atoms with E-state index in [1.54, 1.807) is 6.07 Å². The largest absolute Gasteiger partial charge is 0.370 e. The molecule has 1 fully saturated rings. The van der Waals surface area contributed by atoms with Crippen molar-refractivity contribution in [1.82, 2.24) is 5.32 Å². The lowest BCUT2D eigenvalue weighted by Gasteiger charge is -2.35. The molecule has 0 saturated carbocycles. The molecule has 7 heteroatoms. The van der Waals surface area contributed by atoms with Gasteiger partial charge in [0, 0.05) is 38.2 Å². The number of nitro benzene ring substituents is 1. The van der Waals surface area contributed by atoms with E-state index in [2.05, 4.69) is 10.2 Å². The van der Waals surface area contributed by atoms with E-state index in [0.717, 1.165) is 37.2 Å². The maximum Gasteiger partial charge on any atom is 0.271 e. The predicted octanol–water partition coefficient (Wildman–Crippen LogP) is 2.66. The molecule has 0 unspecified atom stereocenters. The Morgan fingerprint density at radius 3 is 2.52 bits per heavy atom. The van der Waals surface area contributed by atoms with Crippen molar-refractivity contribution in [2.75, 3.05) is 18.0 Å². The van der Waals surface area contributed by atoms with Gasteiger partial charge >= 0.3 is 0 Å². The van der Waals surface area contributed by atoms with Crippen molar-refractivity contribution < 1.29 is 9.72 Å². The number of anilines is 1. The molecule has 0 atom stereocenters. The van der Waals surface area contributed by atoms with Gasteiger partial charge in [-0.2, -0.15) is 0 Å². The molecule has 1 saturated heterocycles. The Hall–Kier alpha value is -1.82. The van der Waals surface area contributed by atoms with Crippen LogP contribution < -0.4 is 10.2 Å². The summed E-state index contributed by atoms with van der Waals surface area (Å²) in [5.41, 5.74) is 1.66. The maximum absolute atomic E-state index is 11.1. The number of halogens is 1. The molecule has 1 N–H and O–H groups in total. The van der Waals surface area contributed by atoms with Crippen LogP contribution in [0.5, 0.6) is 0 Å². The quantitative estimate of drug-likeness (QED) is 0.688. The van der Waals surface area contributed by atoms with Crippen LogP contribution in [-0.2, 0) is 4.79 Å². The monoisotopic (exact) mass is 311 g/mol. The summed E-state index contributed by atoms with van der Waals surface area (Å²) in [7, 11) is 0. The third-order valence-electron chi connectivity index (χ3n) is 3.67. The molecule has 2 rings (SSSR count). The van der Waals surface area contributed by atoms with Crippen LogP contribution in [0.25, 0.3) is 0 Å². The number of carbonyl (C=O) groups excluding carboxylic acids is 1. The first kappa shape index (κ1) is 15.6. The number of amides is 1. The third-order valence-corrected chi connectivity index (χ3v) is 3.96. The molecule has 1 aromatic carbocycles. The molecule has 6 nitrogen and oxygen atoms in total. The van der Waals surface area contributed by atoms with Gasteiger partial charge in [0.05, 0.1) is 15.6 Å². The number of benzene rings is 1. The number of hydrogen-bond donors (Lipinski definition) is 1. The van der Waals surface area contributed by atoms with Crippen LogP contribution in [0.2, 0.25) is 5.02 Å². The Kier molecular flexibility index (Phi) is 4.67. The zero-order valence-electron chi connectivity index (χ0n) is 12.1. The van der Waals surface area contributed by atoms with Gasteiger partial charge in [-0.3, -0.25) is 14.9 Å². The first-order valence-electron chi connectivity index (χ1n) is 6.85. The Balaban J connectivity index is 2.13. The number of non-ortho nitro benzene ring substituents is 1. The van der Waals surface area contributed by atoms with Gasteiger partial charge < -0.3 is 10.2 Å². The zero-order valence-corrected chi connectivity index (χ0v) is 12.8. The summed E-state index contributed by atoms with van der Waals surface area (Å²) in [5.74, 6) is -0.0157. The standard InChI is InChI=1S/C14H18ClN3O3/c1-9-7-12(18(20)21)8-13(15)14(9)17-5-3-11(4-6-17)16-10(2)19/h7-8,11H,3-6H2,1-2H3,(H,16,19). The van der Waals surface area contributed by atoms with E-state index in [1.807, 2.05) is 6.92 Å². The Bertz CT molecular complexity index is 546. The van der Waals surface area contributed by atoms with Crippen molar-refractivity contribution in [3.05, 3.63) is 32.8 Å². The van der Waals surface area contributed by atoms with E-state index >= 15 is 0 Å². The molecule has 0 aliphatic carbocycles. The summed E-state index contributed by atoms with van der Waals surface area (Å²) in [6.07, 6.45) is 1.68. The lowest BCUT2D eigenvalue weighted by atomic mass is 10.0. The van der Waals surface area contributed by atoms with Crippen LogP contribution in [-0.4, -0.2) is 30.0 Å². The summed E-state index contributed by atoms with van der Waals surface area (Å²) in [5, 5.41) is 14.2. The topological polar surface area (TPSA) is 75.5 Å². The average molecular weight is 312 g/mol. The average Bonchev–Trinajstić information content (AvgIpc) is 2.39. The van der Waals surface area contributed by atoms with Gasteiger partial charge in [0.15, 0.2) is 0 Å². The summed E-state index contributed by atoms with van der Waals surface area (Å²) >= 11 is 6.22. The van der Waals surface area contributed by atoms with Crippen molar-refractivity contribution in [1.29, 1.82) is 0 Å². The first-order valence-corrected chi connectivity index (χ1v) is 7.23. The van der Waals surface area contributed by atoms with Crippen molar-refractivity contribution >= 4 is 28.9 Å². The number of nitrogens with one attached hydrogen (secondary N) is 1. The molecule has 1 heterocycles. The molecule has 0 radical (unpaired) electrons. The zero-order chi connectivity index (χ0) is 15.6. The summed E-state index contributed by atoms with van der Waals surface area (Å²) < 4.78 is 0. The summed E-state index contributed by atoms with van der Waals surface area (Å²) in [6, 6.07) is 3.13. The third kappa shape index (κ3) is 3.64. The number of nitrogens with zero attached hydrogens (tertiary/aromatic N) is 2. The number of rotatable bonds is 3. The van der Waals surface area contributed by atoms with Gasteiger partial charge in [-0.05, 0) is 25.3 Å². The van der Waals surface area contributed by atoms with Crippen LogP contribution in [0, 0.1) is 17.0 Å². The SMILES string of the molecule is CC(=O)NC1CCN(c2c(C)cc([N+](=O)[O-])cc2Cl)CC1. The van der Waals surface area contributed by atoms with Crippen molar-refractivity contribution in [2.24, 2.45) is 0 Å². The van der Waals surface area contributed by atoms with E-state index in [0.29, 0.717) is 5.02 Å². The molecule has 0 spiro atoms. The van der Waals surface area contributed by atoms with Gasteiger partial charge in [0.1, 0.15) is 0 Å². The van der Waals surface area contributed by atoms with E-state index in [-0.39, 0.29) is 17.6 Å². The molecule has 1 aromatic rings. The molecule has 114 valence electrons. The highest BCUT2D eigenvalue weighted by atomic mass is 35.5. The first-order chi connectivity index (χ1) is 9.88. The summed E-state index contributed by atoms with van der Waals surface area (Å²) in [6.45, 7) is 4.88. The molecule has 0 aromatic heterocycles. The Morgan fingerprint density at radius 1 is 1.43 bits per heavy atom. The van der Waals surface area contributed by atoms with E-state index in [4.69, 9.17) is 11.6 Å². The second-order valence-electron chi connectivity index (χ2n) is 5.31. The highest BCUT2D eigenvalue weighted by Gasteiger charge is 2.24.